The zero-order chi connectivity index (χ0) is 20.0. The zero-order valence-electron chi connectivity index (χ0n) is 15.3. The molecule has 146 valence electrons. The van der Waals surface area contributed by atoms with Crippen molar-refractivity contribution in [2.24, 2.45) is 0 Å². The first-order chi connectivity index (χ1) is 12.7. The third-order valence-corrected chi connectivity index (χ3v) is 4.72. The maximum absolute atomic E-state index is 13.1. The summed E-state index contributed by atoms with van der Waals surface area (Å²) in [6.45, 7) is 7.26. The van der Waals surface area contributed by atoms with Gasteiger partial charge in [-0.1, -0.05) is 54.2 Å². The van der Waals surface area contributed by atoms with E-state index >= 15 is 0 Å². The van der Waals surface area contributed by atoms with Gasteiger partial charge in [0.25, 0.3) is 0 Å². The molecule has 1 aromatic carbocycles. The molecule has 0 fully saturated rings. The number of benzene rings is 1. The molecule has 0 aliphatic heterocycles. The number of halogens is 3. The smallest absolute Gasteiger partial charge is 0.338 e. The van der Waals surface area contributed by atoms with E-state index in [-0.39, 0.29) is 16.8 Å². The Labute approximate surface area is 161 Å². The summed E-state index contributed by atoms with van der Waals surface area (Å²) in [5, 5.41) is 0.172. The maximum atomic E-state index is 13.1. The molecular formula is C19H22F3N3OS. The van der Waals surface area contributed by atoms with Gasteiger partial charge in [0, 0.05) is 13.1 Å². The van der Waals surface area contributed by atoms with Crippen LogP contribution in [0.4, 0.5) is 13.2 Å². The zero-order valence-corrected chi connectivity index (χ0v) is 16.1. The summed E-state index contributed by atoms with van der Waals surface area (Å²) in [5.74, 6) is -0.141. The summed E-state index contributed by atoms with van der Waals surface area (Å²) in [6.07, 6.45) is -2.97. The lowest BCUT2D eigenvalue weighted by atomic mass is 10.2. The first kappa shape index (κ1) is 21.1. The van der Waals surface area contributed by atoms with Gasteiger partial charge in [0.05, 0.1) is 17.6 Å². The molecule has 1 amide bonds. The molecule has 8 heteroatoms. The van der Waals surface area contributed by atoms with Crippen LogP contribution in [0.15, 0.2) is 53.8 Å². The Morgan fingerprint density at radius 2 is 1.96 bits per heavy atom. The summed E-state index contributed by atoms with van der Waals surface area (Å²) in [5.41, 5.74) is 1.86. The lowest BCUT2D eigenvalue weighted by molar-refractivity contribution is -0.141. The van der Waals surface area contributed by atoms with Gasteiger partial charge in [-0.3, -0.25) is 4.79 Å². The summed E-state index contributed by atoms with van der Waals surface area (Å²) in [6, 6.07) is 8.77. The molecule has 1 aromatic heterocycles. The Bertz CT molecular complexity index is 787. The Morgan fingerprint density at radius 3 is 2.52 bits per heavy atom. The van der Waals surface area contributed by atoms with E-state index in [0.29, 0.717) is 24.3 Å². The van der Waals surface area contributed by atoms with Crippen LogP contribution in [0.2, 0.25) is 0 Å². The van der Waals surface area contributed by atoms with Crippen LogP contribution < -0.4 is 0 Å². The van der Waals surface area contributed by atoms with E-state index in [2.05, 4.69) is 11.6 Å². The molecule has 0 aliphatic rings. The monoisotopic (exact) mass is 397 g/mol. The SMILES string of the molecule is C=C(C)CN(CC)C(=O)CSc1ncc(-c2ccccc2)n1CC(F)(F)F. The van der Waals surface area contributed by atoms with Gasteiger partial charge in [-0.05, 0) is 19.4 Å². The highest BCUT2D eigenvalue weighted by Gasteiger charge is 2.31. The molecule has 1 heterocycles. The van der Waals surface area contributed by atoms with Crippen LogP contribution in [0.25, 0.3) is 11.3 Å². The Balaban J connectivity index is 2.22. The topological polar surface area (TPSA) is 38.1 Å². The second-order valence-corrected chi connectivity index (χ2v) is 7.09. The van der Waals surface area contributed by atoms with Crippen molar-refractivity contribution >= 4 is 17.7 Å². The predicted molar refractivity (Wildman–Crippen MR) is 102 cm³/mol. The first-order valence-corrected chi connectivity index (χ1v) is 9.42. The number of nitrogens with zero attached hydrogens (tertiary/aromatic N) is 3. The number of carbonyl (C=O) groups is 1. The van der Waals surface area contributed by atoms with Crippen molar-refractivity contribution in [1.82, 2.24) is 14.5 Å². The lowest BCUT2D eigenvalue weighted by Crippen LogP contribution is -2.33. The molecule has 27 heavy (non-hydrogen) atoms. The molecule has 0 spiro atoms. The van der Waals surface area contributed by atoms with Crippen LogP contribution in [-0.4, -0.2) is 45.4 Å². The summed E-state index contributed by atoms with van der Waals surface area (Å²) >= 11 is 1.01. The fraction of sp³-hybridized carbons (Fsp3) is 0.368. The molecular weight excluding hydrogens is 375 g/mol. The molecule has 0 N–H and O–H groups in total. The van der Waals surface area contributed by atoms with E-state index < -0.39 is 12.7 Å². The first-order valence-electron chi connectivity index (χ1n) is 8.44. The minimum atomic E-state index is -4.39. The molecule has 0 atom stereocenters. The molecule has 0 aliphatic carbocycles. The molecule has 0 saturated heterocycles. The van der Waals surface area contributed by atoms with E-state index in [0.717, 1.165) is 21.9 Å². The fourth-order valence-corrected chi connectivity index (χ4v) is 3.45. The average molecular weight is 397 g/mol. The summed E-state index contributed by atoms with van der Waals surface area (Å²) in [4.78, 5) is 18.1. The fourth-order valence-electron chi connectivity index (χ4n) is 2.57. The highest BCUT2D eigenvalue weighted by Crippen LogP contribution is 2.30. The van der Waals surface area contributed by atoms with E-state index in [1.165, 1.54) is 6.20 Å². The van der Waals surface area contributed by atoms with Crippen molar-refractivity contribution in [2.45, 2.75) is 31.7 Å². The predicted octanol–water partition coefficient (Wildman–Crippen LogP) is 4.63. The van der Waals surface area contributed by atoms with Crippen LogP contribution >= 0.6 is 11.8 Å². The van der Waals surface area contributed by atoms with Gasteiger partial charge in [0.15, 0.2) is 5.16 Å². The van der Waals surface area contributed by atoms with E-state index in [4.69, 9.17) is 0 Å². The van der Waals surface area contributed by atoms with Crippen molar-refractivity contribution in [3.05, 3.63) is 48.7 Å². The third kappa shape index (κ3) is 6.16. The molecule has 0 bridgehead atoms. The van der Waals surface area contributed by atoms with Crippen molar-refractivity contribution < 1.29 is 18.0 Å². The molecule has 0 unspecified atom stereocenters. The molecule has 0 saturated carbocycles. The highest BCUT2D eigenvalue weighted by molar-refractivity contribution is 7.99. The van der Waals surface area contributed by atoms with Gasteiger partial charge in [0.1, 0.15) is 6.54 Å². The number of alkyl halides is 3. The molecule has 2 rings (SSSR count). The van der Waals surface area contributed by atoms with Crippen LogP contribution in [0.3, 0.4) is 0 Å². The third-order valence-electron chi connectivity index (χ3n) is 3.75. The van der Waals surface area contributed by atoms with Gasteiger partial charge < -0.3 is 9.47 Å². The number of amides is 1. The number of imidazole rings is 1. The summed E-state index contributed by atoms with van der Waals surface area (Å²) in [7, 11) is 0. The van der Waals surface area contributed by atoms with Crippen LogP contribution in [0, 0.1) is 0 Å². The van der Waals surface area contributed by atoms with Gasteiger partial charge in [-0.25, -0.2) is 4.98 Å². The molecule has 0 radical (unpaired) electrons. The Hall–Kier alpha value is -2.22. The number of carbonyl (C=O) groups excluding carboxylic acids is 1. The number of likely N-dealkylation sites (N-methyl/N-ethyl adjacent to an activating group) is 1. The Morgan fingerprint density at radius 1 is 1.30 bits per heavy atom. The van der Waals surface area contributed by atoms with Gasteiger partial charge in [0.2, 0.25) is 5.91 Å². The van der Waals surface area contributed by atoms with Crippen LogP contribution in [-0.2, 0) is 11.3 Å². The minimum Gasteiger partial charge on any atom is -0.338 e. The van der Waals surface area contributed by atoms with E-state index in [1.807, 2.05) is 13.8 Å². The second kappa shape index (κ2) is 9.12. The molecule has 2 aromatic rings. The summed E-state index contributed by atoms with van der Waals surface area (Å²) < 4.78 is 40.3. The highest BCUT2D eigenvalue weighted by atomic mass is 32.2. The van der Waals surface area contributed by atoms with Crippen molar-refractivity contribution in [2.75, 3.05) is 18.8 Å². The number of hydrogen-bond donors (Lipinski definition) is 0. The number of thioether (sulfide) groups is 1. The van der Waals surface area contributed by atoms with Crippen LogP contribution in [0.5, 0.6) is 0 Å². The van der Waals surface area contributed by atoms with E-state index in [1.54, 1.807) is 35.2 Å². The van der Waals surface area contributed by atoms with Gasteiger partial charge >= 0.3 is 6.18 Å². The number of aromatic nitrogens is 2. The maximum Gasteiger partial charge on any atom is 0.406 e. The number of rotatable bonds is 8. The van der Waals surface area contributed by atoms with Crippen molar-refractivity contribution in [3.8, 4) is 11.3 Å². The van der Waals surface area contributed by atoms with Crippen LogP contribution in [0.1, 0.15) is 13.8 Å². The lowest BCUT2D eigenvalue weighted by Gasteiger charge is -2.21. The quantitative estimate of drug-likeness (QED) is 0.482. The Kier molecular flexibility index (Phi) is 7.12. The minimum absolute atomic E-state index is 0.0181. The van der Waals surface area contributed by atoms with Gasteiger partial charge in [-0.15, -0.1) is 0 Å². The van der Waals surface area contributed by atoms with Crippen molar-refractivity contribution in [3.63, 3.8) is 0 Å². The normalized spacial score (nSPS) is 11.4. The standard InChI is InChI=1S/C19H22F3N3OS/c1-4-24(11-14(2)3)17(26)12-27-18-23-10-16(15-8-6-5-7-9-15)25(18)13-19(20,21)22/h5-10H,2,4,11-13H2,1,3H3. The number of hydrogen-bond acceptors (Lipinski definition) is 3. The molecule has 4 nitrogen and oxygen atoms in total. The van der Waals surface area contributed by atoms with Crippen molar-refractivity contribution in [1.29, 1.82) is 0 Å². The average Bonchev–Trinajstić information content (AvgIpc) is 2.98. The largest absolute Gasteiger partial charge is 0.406 e. The van der Waals surface area contributed by atoms with Gasteiger partial charge in [-0.2, -0.15) is 13.2 Å². The second-order valence-electron chi connectivity index (χ2n) is 6.15. The van der Waals surface area contributed by atoms with E-state index in [9.17, 15) is 18.0 Å².